The number of nitrogens with zero attached hydrogens (tertiary/aromatic N) is 2. The molecule has 0 aliphatic carbocycles. The average Bonchev–Trinajstić information content (AvgIpc) is 2.49. The first kappa shape index (κ1) is 10.3. The Kier molecular flexibility index (Phi) is 2.35. The zero-order chi connectivity index (χ0) is 11.2. The summed E-state index contributed by atoms with van der Waals surface area (Å²) in [4.78, 5) is 9.64. The third kappa shape index (κ3) is 1.47. The molecule has 0 saturated heterocycles. The maximum absolute atomic E-state index is 6.08. The molecule has 0 aliphatic heterocycles. The number of rotatable bonds is 1. The second-order valence-corrected chi connectivity index (χ2v) is 4.35. The van der Waals surface area contributed by atoms with Crippen molar-refractivity contribution in [2.75, 3.05) is 19.0 Å². The predicted octanol–water partition coefficient (Wildman–Crippen LogP) is 2.90. The zero-order valence-electron chi connectivity index (χ0n) is 9.35. The van der Waals surface area contributed by atoms with Gasteiger partial charge in [-0.3, -0.25) is 0 Å². The quantitative estimate of drug-likeness (QED) is 0.806. The van der Waals surface area contributed by atoms with Gasteiger partial charge in [0.2, 0.25) is 0 Å². The first-order chi connectivity index (χ1) is 7.02. The number of anilines is 1. The lowest BCUT2D eigenvalue weighted by Crippen LogP contribution is -2.09. The monoisotopic (exact) mass is 223 g/mol. The van der Waals surface area contributed by atoms with Crippen molar-refractivity contribution in [2.45, 2.75) is 13.8 Å². The molecule has 0 spiro atoms. The molecule has 0 aromatic carbocycles. The van der Waals surface area contributed by atoms with Crippen molar-refractivity contribution in [3.05, 3.63) is 22.5 Å². The minimum atomic E-state index is 0.713. The summed E-state index contributed by atoms with van der Waals surface area (Å²) in [6.07, 6.45) is 1.69. The molecular weight excluding hydrogens is 210 g/mol. The SMILES string of the molecule is Cc1[nH]c2ncc(Cl)c(C)c2c1N(C)C. The molecule has 0 fully saturated rings. The van der Waals surface area contributed by atoms with Crippen LogP contribution in [0.4, 0.5) is 5.69 Å². The van der Waals surface area contributed by atoms with Crippen molar-refractivity contribution >= 4 is 28.3 Å². The lowest BCUT2D eigenvalue weighted by atomic mass is 10.1. The molecule has 0 unspecified atom stereocenters. The summed E-state index contributed by atoms with van der Waals surface area (Å²) in [5.74, 6) is 0. The van der Waals surface area contributed by atoms with Crippen molar-refractivity contribution in [1.82, 2.24) is 9.97 Å². The Balaban J connectivity index is 2.90. The van der Waals surface area contributed by atoms with Gasteiger partial charge in [0.1, 0.15) is 5.65 Å². The Labute approximate surface area is 94.1 Å². The van der Waals surface area contributed by atoms with Crippen LogP contribution in [-0.2, 0) is 0 Å². The standard InChI is InChI=1S/C11H14ClN3/c1-6-8(12)5-13-11-9(6)10(15(3)4)7(2)14-11/h5H,1-4H3,(H,13,14). The number of hydrogen-bond acceptors (Lipinski definition) is 2. The van der Waals surface area contributed by atoms with Crippen LogP contribution >= 0.6 is 11.6 Å². The van der Waals surface area contributed by atoms with Gasteiger partial charge in [-0.05, 0) is 19.4 Å². The van der Waals surface area contributed by atoms with Crippen LogP contribution in [-0.4, -0.2) is 24.1 Å². The molecular formula is C11H14ClN3. The largest absolute Gasteiger partial charge is 0.376 e. The molecule has 2 aromatic rings. The lowest BCUT2D eigenvalue weighted by Gasteiger charge is -2.13. The van der Waals surface area contributed by atoms with Crippen molar-refractivity contribution < 1.29 is 0 Å². The fourth-order valence-electron chi connectivity index (χ4n) is 1.95. The number of pyridine rings is 1. The fraction of sp³-hybridized carbons (Fsp3) is 0.364. The highest BCUT2D eigenvalue weighted by atomic mass is 35.5. The molecule has 3 nitrogen and oxygen atoms in total. The second-order valence-electron chi connectivity index (χ2n) is 3.95. The van der Waals surface area contributed by atoms with Gasteiger partial charge in [-0.1, -0.05) is 11.6 Å². The van der Waals surface area contributed by atoms with Crippen molar-refractivity contribution in [1.29, 1.82) is 0 Å². The third-order valence-corrected chi connectivity index (χ3v) is 3.00. The Bertz CT molecular complexity index is 514. The van der Waals surface area contributed by atoms with Gasteiger partial charge in [0, 0.05) is 31.4 Å². The van der Waals surface area contributed by atoms with E-state index in [4.69, 9.17) is 11.6 Å². The molecule has 0 aliphatic rings. The van der Waals surface area contributed by atoms with Gasteiger partial charge in [-0.2, -0.15) is 0 Å². The number of fused-ring (bicyclic) bond motifs is 1. The van der Waals surface area contributed by atoms with Gasteiger partial charge in [0.15, 0.2) is 0 Å². The van der Waals surface area contributed by atoms with Crippen LogP contribution in [0.2, 0.25) is 5.02 Å². The highest BCUT2D eigenvalue weighted by Crippen LogP contribution is 2.33. The summed E-state index contributed by atoms with van der Waals surface area (Å²) >= 11 is 6.08. The topological polar surface area (TPSA) is 31.9 Å². The highest BCUT2D eigenvalue weighted by Gasteiger charge is 2.14. The number of aryl methyl sites for hydroxylation is 2. The maximum atomic E-state index is 6.08. The molecule has 0 saturated carbocycles. The van der Waals surface area contributed by atoms with Gasteiger partial charge in [-0.15, -0.1) is 0 Å². The summed E-state index contributed by atoms with van der Waals surface area (Å²) in [6.45, 7) is 4.07. The van der Waals surface area contributed by atoms with E-state index in [1.165, 1.54) is 0 Å². The summed E-state index contributed by atoms with van der Waals surface area (Å²) in [6, 6.07) is 0. The van der Waals surface area contributed by atoms with E-state index in [0.29, 0.717) is 5.02 Å². The number of H-pyrrole nitrogens is 1. The van der Waals surface area contributed by atoms with Crippen LogP contribution in [0, 0.1) is 13.8 Å². The van der Waals surface area contributed by atoms with E-state index in [1.54, 1.807) is 6.20 Å². The van der Waals surface area contributed by atoms with E-state index in [-0.39, 0.29) is 0 Å². The fourth-order valence-corrected chi connectivity index (χ4v) is 2.09. The molecule has 15 heavy (non-hydrogen) atoms. The number of halogens is 1. The predicted molar refractivity (Wildman–Crippen MR) is 64.9 cm³/mol. The molecule has 80 valence electrons. The number of nitrogens with one attached hydrogen (secondary N) is 1. The molecule has 0 atom stereocenters. The third-order valence-electron chi connectivity index (χ3n) is 2.62. The van der Waals surface area contributed by atoms with E-state index in [0.717, 1.165) is 28.0 Å². The number of aromatic nitrogens is 2. The molecule has 2 aromatic heterocycles. The maximum Gasteiger partial charge on any atom is 0.139 e. The van der Waals surface area contributed by atoms with Crippen molar-refractivity contribution in [2.24, 2.45) is 0 Å². The number of aromatic amines is 1. The molecule has 0 bridgehead atoms. The summed E-state index contributed by atoms with van der Waals surface area (Å²) in [7, 11) is 4.05. The molecule has 0 amide bonds. The first-order valence-corrected chi connectivity index (χ1v) is 5.21. The molecule has 1 N–H and O–H groups in total. The van der Waals surface area contributed by atoms with Crippen LogP contribution in [0.3, 0.4) is 0 Å². The van der Waals surface area contributed by atoms with E-state index in [2.05, 4.69) is 14.9 Å². The van der Waals surface area contributed by atoms with Gasteiger partial charge < -0.3 is 9.88 Å². The van der Waals surface area contributed by atoms with E-state index in [9.17, 15) is 0 Å². The van der Waals surface area contributed by atoms with Crippen molar-refractivity contribution in [3.8, 4) is 0 Å². The van der Waals surface area contributed by atoms with Gasteiger partial charge in [-0.25, -0.2) is 4.98 Å². The molecule has 0 radical (unpaired) electrons. The van der Waals surface area contributed by atoms with Crippen LogP contribution in [0.25, 0.3) is 11.0 Å². The summed E-state index contributed by atoms with van der Waals surface area (Å²) in [5.41, 5.74) is 4.26. The highest BCUT2D eigenvalue weighted by molar-refractivity contribution is 6.32. The van der Waals surface area contributed by atoms with Crippen LogP contribution in [0.1, 0.15) is 11.3 Å². The van der Waals surface area contributed by atoms with Crippen LogP contribution < -0.4 is 4.90 Å². The molecule has 2 rings (SSSR count). The minimum Gasteiger partial charge on any atom is -0.376 e. The van der Waals surface area contributed by atoms with E-state index < -0.39 is 0 Å². The normalized spacial score (nSPS) is 11.0. The molecule has 2 heterocycles. The van der Waals surface area contributed by atoms with E-state index in [1.807, 2.05) is 27.9 Å². The summed E-state index contributed by atoms with van der Waals surface area (Å²) in [5, 5.41) is 1.83. The van der Waals surface area contributed by atoms with Crippen molar-refractivity contribution in [3.63, 3.8) is 0 Å². The van der Waals surface area contributed by atoms with E-state index >= 15 is 0 Å². The Hall–Kier alpha value is -1.22. The zero-order valence-corrected chi connectivity index (χ0v) is 10.1. The van der Waals surface area contributed by atoms with Crippen LogP contribution in [0.5, 0.6) is 0 Å². The van der Waals surface area contributed by atoms with Gasteiger partial charge in [0.05, 0.1) is 10.7 Å². The second kappa shape index (κ2) is 3.42. The summed E-state index contributed by atoms with van der Waals surface area (Å²) < 4.78 is 0. The smallest absolute Gasteiger partial charge is 0.139 e. The Morgan fingerprint density at radius 1 is 1.33 bits per heavy atom. The molecule has 4 heteroatoms. The first-order valence-electron chi connectivity index (χ1n) is 4.83. The minimum absolute atomic E-state index is 0.713. The number of hydrogen-bond donors (Lipinski definition) is 1. The Morgan fingerprint density at radius 2 is 2.00 bits per heavy atom. The Morgan fingerprint density at radius 3 is 2.60 bits per heavy atom. The van der Waals surface area contributed by atoms with Gasteiger partial charge in [0.25, 0.3) is 0 Å². The lowest BCUT2D eigenvalue weighted by molar-refractivity contribution is 1.11. The van der Waals surface area contributed by atoms with Crippen LogP contribution in [0.15, 0.2) is 6.20 Å². The van der Waals surface area contributed by atoms with Gasteiger partial charge >= 0.3 is 0 Å². The average molecular weight is 224 g/mol.